The van der Waals surface area contributed by atoms with Crippen LogP contribution in [0.1, 0.15) is 5.56 Å². The van der Waals surface area contributed by atoms with Crippen LogP contribution in [0.25, 0.3) is 0 Å². The highest BCUT2D eigenvalue weighted by atomic mass is 16.5. The molecule has 0 amide bonds. The summed E-state index contributed by atoms with van der Waals surface area (Å²) in [6.45, 7) is 0.618. The maximum atomic E-state index is 10.5. The Bertz CT molecular complexity index is 329. The van der Waals surface area contributed by atoms with Gasteiger partial charge in [-0.05, 0) is 6.07 Å². The van der Waals surface area contributed by atoms with Gasteiger partial charge in [0.1, 0.15) is 6.61 Å². The maximum absolute atomic E-state index is 10.5. The summed E-state index contributed by atoms with van der Waals surface area (Å²) < 4.78 is 14.3. The number of carbonyl (C=O) groups excluding carboxylic acids is 1. The van der Waals surface area contributed by atoms with Gasteiger partial charge in [-0.1, -0.05) is 5.92 Å². The van der Waals surface area contributed by atoms with Gasteiger partial charge in [-0.25, -0.2) is 4.79 Å². The fraction of sp³-hybridized carbons (Fsp3) is 0.300. The molecule has 1 rings (SSSR count). The first-order valence-corrected chi connectivity index (χ1v) is 3.98. The van der Waals surface area contributed by atoms with E-state index in [0.717, 1.165) is 5.56 Å². The molecule has 0 unspecified atom stereocenters. The molecule has 4 nitrogen and oxygen atoms in total. The van der Waals surface area contributed by atoms with Gasteiger partial charge >= 0.3 is 5.97 Å². The molecule has 0 N–H and O–H groups in total. The van der Waals surface area contributed by atoms with Gasteiger partial charge in [0.2, 0.25) is 0 Å². The molecule has 0 atom stereocenters. The van der Waals surface area contributed by atoms with E-state index in [0.29, 0.717) is 6.61 Å². The largest absolute Gasteiger partial charge is 0.472 e. The van der Waals surface area contributed by atoms with Gasteiger partial charge in [-0.3, -0.25) is 0 Å². The molecule has 1 aromatic heterocycles. The smallest absolute Gasteiger partial charge is 0.384 e. The van der Waals surface area contributed by atoms with E-state index in [2.05, 4.69) is 16.6 Å². The lowest BCUT2D eigenvalue weighted by Gasteiger charge is -1.94. The van der Waals surface area contributed by atoms with Crippen LogP contribution >= 0.6 is 0 Å². The lowest BCUT2D eigenvalue weighted by Crippen LogP contribution is -1.96. The molecule has 0 aliphatic carbocycles. The molecule has 0 saturated heterocycles. The summed E-state index contributed by atoms with van der Waals surface area (Å²) in [6, 6.07) is 1.80. The zero-order valence-corrected chi connectivity index (χ0v) is 7.78. The summed E-state index contributed by atoms with van der Waals surface area (Å²) in [6.07, 6.45) is 3.16. The van der Waals surface area contributed by atoms with Crippen molar-refractivity contribution in [2.45, 2.75) is 6.61 Å². The van der Waals surface area contributed by atoms with Crippen molar-refractivity contribution in [1.82, 2.24) is 0 Å². The number of hydrogen-bond donors (Lipinski definition) is 0. The van der Waals surface area contributed by atoms with E-state index in [-0.39, 0.29) is 6.61 Å². The second kappa shape index (κ2) is 5.84. The number of methoxy groups -OCH3 is 1. The molecule has 1 heterocycles. The van der Waals surface area contributed by atoms with Gasteiger partial charge in [0, 0.05) is 11.5 Å². The van der Waals surface area contributed by atoms with E-state index >= 15 is 0 Å². The van der Waals surface area contributed by atoms with Crippen molar-refractivity contribution in [3.05, 3.63) is 24.2 Å². The van der Waals surface area contributed by atoms with E-state index in [4.69, 9.17) is 9.15 Å². The second-order valence-electron chi connectivity index (χ2n) is 2.42. The van der Waals surface area contributed by atoms with E-state index in [1.807, 2.05) is 0 Å². The van der Waals surface area contributed by atoms with Crippen molar-refractivity contribution in [3.63, 3.8) is 0 Å². The molecular formula is C10H10O4. The van der Waals surface area contributed by atoms with Gasteiger partial charge in [-0.15, -0.1) is 0 Å². The van der Waals surface area contributed by atoms with Gasteiger partial charge in [0.15, 0.2) is 0 Å². The molecule has 4 heteroatoms. The summed E-state index contributed by atoms with van der Waals surface area (Å²) in [5, 5.41) is 0. The average Bonchev–Trinajstić information content (AvgIpc) is 2.69. The van der Waals surface area contributed by atoms with Crippen molar-refractivity contribution in [2.75, 3.05) is 13.7 Å². The Hall–Kier alpha value is -1.73. The number of carbonyl (C=O) groups is 1. The van der Waals surface area contributed by atoms with Crippen molar-refractivity contribution in [3.8, 4) is 11.8 Å². The first-order chi connectivity index (χ1) is 6.83. The summed E-state index contributed by atoms with van der Waals surface area (Å²) in [7, 11) is 1.28. The summed E-state index contributed by atoms with van der Waals surface area (Å²) in [5.74, 6) is 4.22. The molecule has 14 heavy (non-hydrogen) atoms. The Morgan fingerprint density at radius 2 is 2.50 bits per heavy atom. The quantitative estimate of drug-likeness (QED) is 0.311. The highest BCUT2D eigenvalue weighted by molar-refractivity contribution is 5.88. The van der Waals surface area contributed by atoms with Crippen LogP contribution in [-0.2, 0) is 20.9 Å². The molecule has 0 aromatic carbocycles. The molecule has 1 aromatic rings. The van der Waals surface area contributed by atoms with E-state index in [1.54, 1.807) is 18.6 Å². The lowest BCUT2D eigenvalue weighted by atomic mass is 10.4. The van der Waals surface area contributed by atoms with Crippen LogP contribution in [0.4, 0.5) is 0 Å². The number of esters is 1. The summed E-state index contributed by atoms with van der Waals surface area (Å²) >= 11 is 0. The number of hydrogen-bond acceptors (Lipinski definition) is 4. The van der Waals surface area contributed by atoms with E-state index < -0.39 is 5.97 Å². The highest BCUT2D eigenvalue weighted by Crippen LogP contribution is 2.00. The first kappa shape index (κ1) is 10.4. The fourth-order valence-electron chi connectivity index (χ4n) is 0.754. The summed E-state index contributed by atoms with van der Waals surface area (Å²) in [5.41, 5.74) is 0.935. The molecule has 0 aliphatic rings. The average molecular weight is 194 g/mol. The Labute approximate surface area is 81.8 Å². The molecule has 74 valence electrons. The molecule has 0 fully saturated rings. The van der Waals surface area contributed by atoms with Crippen molar-refractivity contribution in [2.24, 2.45) is 0 Å². The van der Waals surface area contributed by atoms with Gasteiger partial charge in [0.05, 0.1) is 26.2 Å². The molecule has 0 radical (unpaired) electrons. The zero-order chi connectivity index (χ0) is 10.2. The van der Waals surface area contributed by atoms with Gasteiger partial charge < -0.3 is 13.9 Å². The lowest BCUT2D eigenvalue weighted by molar-refractivity contribution is -0.133. The van der Waals surface area contributed by atoms with Crippen LogP contribution in [0.2, 0.25) is 0 Å². The third-order valence-electron chi connectivity index (χ3n) is 1.40. The third kappa shape index (κ3) is 3.78. The van der Waals surface area contributed by atoms with Gasteiger partial charge in [0.25, 0.3) is 0 Å². The predicted octanol–water partition coefficient (Wildman–Crippen LogP) is 0.973. The number of ether oxygens (including phenoxy) is 2. The maximum Gasteiger partial charge on any atom is 0.384 e. The minimum absolute atomic E-state index is 0.195. The highest BCUT2D eigenvalue weighted by Gasteiger charge is 1.92. The van der Waals surface area contributed by atoms with E-state index in [9.17, 15) is 4.79 Å². The van der Waals surface area contributed by atoms with Crippen LogP contribution in [0, 0.1) is 11.8 Å². The zero-order valence-electron chi connectivity index (χ0n) is 7.78. The SMILES string of the molecule is COC(=O)C#CCOCc1ccoc1. The van der Waals surface area contributed by atoms with Crippen molar-refractivity contribution < 1.29 is 18.7 Å². The minimum atomic E-state index is -0.558. The van der Waals surface area contributed by atoms with Crippen LogP contribution in [-0.4, -0.2) is 19.7 Å². The Morgan fingerprint density at radius 3 is 3.14 bits per heavy atom. The van der Waals surface area contributed by atoms with E-state index in [1.165, 1.54) is 7.11 Å². The predicted molar refractivity (Wildman–Crippen MR) is 48.2 cm³/mol. The van der Waals surface area contributed by atoms with Gasteiger partial charge in [-0.2, -0.15) is 0 Å². The first-order valence-electron chi connectivity index (χ1n) is 3.98. The summed E-state index contributed by atoms with van der Waals surface area (Å²) in [4.78, 5) is 10.5. The molecule has 0 saturated carbocycles. The van der Waals surface area contributed by atoms with Crippen LogP contribution in [0.15, 0.2) is 23.0 Å². The van der Waals surface area contributed by atoms with Crippen LogP contribution in [0.5, 0.6) is 0 Å². The molecule has 0 bridgehead atoms. The Balaban J connectivity index is 2.15. The molecule has 0 aliphatic heterocycles. The number of rotatable bonds is 3. The fourth-order valence-corrected chi connectivity index (χ4v) is 0.754. The van der Waals surface area contributed by atoms with Crippen molar-refractivity contribution >= 4 is 5.97 Å². The minimum Gasteiger partial charge on any atom is -0.472 e. The Kier molecular flexibility index (Phi) is 4.32. The van der Waals surface area contributed by atoms with Crippen LogP contribution in [0.3, 0.4) is 0 Å². The number of furan rings is 1. The second-order valence-corrected chi connectivity index (χ2v) is 2.42. The normalized spacial score (nSPS) is 8.93. The molecular weight excluding hydrogens is 184 g/mol. The third-order valence-corrected chi connectivity index (χ3v) is 1.40. The topological polar surface area (TPSA) is 48.7 Å². The van der Waals surface area contributed by atoms with Crippen molar-refractivity contribution in [1.29, 1.82) is 0 Å². The molecule has 0 spiro atoms. The standard InChI is InChI=1S/C10H10O4/c1-12-10(11)3-2-5-13-7-9-4-6-14-8-9/h4,6,8H,5,7H2,1H3. The Morgan fingerprint density at radius 1 is 1.64 bits per heavy atom. The monoisotopic (exact) mass is 194 g/mol. The van der Waals surface area contributed by atoms with Crippen LogP contribution < -0.4 is 0 Å².